The van der Waals surface area contributed by atoms with E-state index in [1.54, 1.807) is 0 Å². The Morgan fingerprint density at radius 3 is 2.64 bits per heavy atom. The number of hydrogen-bond donors (Lipinski definition) is 2. The molecule has 22 heavy (non-hydrogen) atoms. The van der Waals surface area contributed by atoms with Crippen LogP contribution < -0.4 is 15.8 Å². The topological polar surface area (TPSA) is 77.2 Å². The molecule has 124 valence electrons. The van der Waals surface area contributed by atoms with Crippen LogP contribution in [-0.2, 0) is 4.79 Å². The lowest BCUT2D eigenvalue weighted by Crippen LogP contribution is -2.35. The summed E-state index contributed by atoms with van der Waals surface area (Å²) in [4.78, 5) is 15.3. The Kier molecular flexibility index (Phi) is 6.54. The van der Waals surface area contributed by atoms with Crippen LogP contribution in [0.25, 0.3) is 0 Å². The molecule has 1 heterocycles. The molecular formula is C13H17F4N3O2. The number of anilines is 1. The van der Waals surface area contributed by atoms with Gasteiger partial charge in [0.25, 0.3) is 0 Å². The van der Waals surface area contributed by atoms with E-state index in [4.69, 9.17) is 5.73 Å². The normalized spacial score (nSPS) is 13.0. The number of hydrogen-bond acceptors (Lipinski definition) is 4. The Labute approximate surface area is 124 Å². The van der Waals surface area contributed by atoms with Crippen molar-refractivity contribution in [1.29, 1.82) is 0 Å². The first-order valence-corrected chi connectivity index (χ1v) is 6.57. The van der Waals surface area contributed by atoms with Gasteiger partial charge in [0.15, 0.2) is 6.61 Å². The first-order chi connectivity index (χ1) is 10.3. The van der Waals surface area contributed by atoms with Crippen LogP contribution in [0, 0.1) is 0 Å². The molecule has 0 bridgehead atoms. The van der Waals surface area contributed by atoms with Gasteiger partial charge in [0.2, 0.25) is 11.8 Å². The molecule has 9 heteroatoms. The van der Waals surface area contributed by atoms with Crippen molar-refractivity contribution < 1.29 is 27.1 Å². The van der Waals surface area contributed by atoms with Crippen LogP contribution in [0.2, 0.25) is 0 Å². The molecule has 1 atom stereocenters. The van der Waals surface area contributed by atoms with Gasteiger partial charge in [-0.25, -0.2) is 13.8 Å². The molecule has 0 aromatic carbocycles. The standard InChI is InChI=1S/C13H17F4N3O2/c1-2-3-9(18)11(21)20-8-4-5-10(19-6-8)22-7-13(16,17)12(14)15/h4-6,9,12H,2-3,7,18H2,1H3,(H,20,21). The highest BCUT2D eigenvalue weighted by Gasteiger charge is 2.41. The van der Waals surface area contributed by atoms with E-state index in [0.29, 0.717) is 12.1 Å². The van der Waals surface area contributed by atoms with Gasteiger partial charge in [0.05, 0.1) is 17.9 Å². The van der Waals surface area contributed by atoms with Crippen molar-refractivity contribution in [3.05, 3.63) is 18.3 Å². The van der Waals surface area contributed by atoms with Crippen LogP contribution >= 0.6 is 0 Å². The third-order valence-electron chi connectivity index (χ3n) is 2.67. The molecule has 0 aliphatic heterocycles. The second-order valence-corrected chi connectivity index (χ2v) is 4.62. The Morgan fingerprint density at radius 1 is 1.45 bits per heavy atom. The summed E-state index contributed by atoms with van der Waals surface area (Å²) in [7, 11) is 0. The van der Waals surface area contributed by atoms with Gasteiger partial charge in [-0.15, -0.1) is 0 Å². The first-order valence-electron chi connectivity index (χ1n) is 6.57. The average molecular weight is 323 g/mol. The number of aromatic nitrogens is 1. The Balaban J connectivity index is 2.55. The zero-order valence-electron chi connectivity index (χ0n) is 11.9. The average Bonchev–Trinajstić information content (AvgIpc) is 2.46. The fraction of sp³-hybridized carbons (Fsp3) is 0.538. The quantitative estimate of drug-likeness (QED) is 0.720. The van der Waals surface area contributed by atoms with Gasteiger partial charge >= 0.3 is 12.3 Å². The lowest BCUT2D eigenvalue weighted by atomic mass is 10.1. The third kappa shape index (κ3) is 5.47. The second kappa shape index (κ2) is 7.92. The molecule has 0 aliphatic rings. The highest BCUT2D eigenvalue weighted by Crippen LogP contribution is 2.24. The van der Waals surface area contributed by atoms with Crippen molar-refractivity contribution in [3.63, 3.8) is 0 Å². The molecule has 0 fully saturated rings. The summed E-state index contributed by atoms with van der Waals surface area (Å²) in [5, 5.41) is 2.49. The Morgan fingerprint density at radius 2 is 2.14 bits per heavy atom. The van der Waals surface area contributed by atoms with Gasteiger partial charge in [0, 0.05) is 6.07 Å². The molecular weight excluding hydrogens is 306 g/mol. The Hall–Kier alpha value is -1.90. The number of alkyl halides is 4. The van der Waals surface area contributed by atoms with Crippen LogP contribution in [-0.4, -0.2) is 35.9 Å². The van der Waals surface area contributed by atoms with E-state index >= 15 is 0 Å². The zero-order valence-corrected chi connectivity index (χ0v) is 11.9. The largest absolute Gasteiger partial charge is 0.471 e. The minimum atomic E-state index is -4.25. The van der Waals surface area contributed by atoms with Crippen LogP contribution in [0.1, 0.15) is 19.8 Å². The van der Waals surface area contributed by atoms with Gasteiger partial charge in [-0.3, -0.25) is 4.79 Å². The molecule has 1 unspecified atom stereocenters. The van der Waals surface area contributed by atoms with Gasteiger partial charge in [-0.05, 0) is 12.5 Å². The number of nitrogens with two attached hydrogens (primary N) is 1. The SMILES string of the molecule is CCCC(N)C(=O)Nc1ccc(OCC(F)(F)C(F)F)nc1. The zero-order chi connectivity index (χ0) is 16.8. The molecule has 0 radical (unpaired) electrons. The number of pyridine rings is 1. The smallest absolute Gasteiger partial charge is 0.340 e. The first kappa shape index (κ1) is 18.1. The summed E-state index contributed by atoms with van der Waals surface area (Å²) in [5.74, 6) is -4.90. The number of carbonyl (C=O) groups is 1. The van der Waals surface area contributed by atoms with Crippen molar-refractivity contribution in [2.75, 3.05) is 11.9 Å². The van der Waals surface area contributed by atoms with E-state index in [1.165, 1.54) is 12.1 Å². The number of rotatable bonds is 8. The highest BCUT2D eigenvalue weighted by molar-refractivity contribution is 5.94. The third-order valence-corrected chi connectivity index (χ3v) is 2.67. The molecule has 0 aliphatic carbocycles. The van der Waals surface area contributed by atoms with E-state index in [2.05, 4.69) is 15.0 Å². The van der Waals surface area contributed by atoms with Crippen molar-refractivity contribution in [3.8, 4) is 5.88 Å². The molecule has 3 N–H and O–H groups in total. The molecule has 5 nitrogen and oxygen atoms in total. The summed E-state index contributed by atoms with van der Waals surface area (Å²) < 4.78 is 53.7. The van der Waals surface area contributed by atoms with E-state index in [9.17, 15) is 22.4 Å². The van der Waals surface area contributed by atoms with Crippen LogP contribution in [0.4, 0.5) is 23.2 Å². The predicted octanol–water partition coefficient (Wildman–Crippen LogP) is 2.43. The maximum atomic E-state index is 12.7. The number of nitrogens with zero attached hydrogens (tertiary/aromatic N) is 1. The van der Waals surface area contributed by atoms with Crippen LogP contribution in [0.5, 0.6) is 5.88 Å². The van der Waals surface area contributed by atoms with Crippen LogP contribution in [0.15, 0.2) is 18.3 Å². The monoisotopic (exact) mass is 323 g/mol. The highest BCUT2D eigenvalue weighted by atomic mass is 19.3. The van der Waals surface area contributed by atoms with E-state index < -0.39 is 30.9 Å². The molecule has 0 saturated carbocycles. The summed E-state index contributed by atoms with van der Waals surface area (Å²) in [6.45, 7) is 0.404. The van der Waals surface area contributed by atoms with Gasteiger partial charge in [-0.2, -0.15) is 8.78 Å². The van der Waals surface area contributed by atoms with Crippen molar-refractivity contribution in [2.24, 2.45) is 5.73 Å². The fourth-order valence-electron chi connectivity index (χ4n) is 1.45. The number of halogens is 4. The van der Waals surface area contributed by atoms with Crippen LogP contribution in [0.3, 0.4) is 0 Å². The minimum absolute atomic E-state index is 0.254. The lowest BCUT2D eigenvalue weighted by Gasteiger charge is -2.15. The number of nitrogens with one attached hydrogen (secondary N) is 1. The summed E-state index contributed by atoms with van der Waals surface area (Å²) in [6, 6.07) is 1.87. The summed E-state index contributed by atoms with van der Waals surface area (Å²) >= 11 is 0. The number of ether oxygens (including phenoxy) is 1. The van der Waals surface area contributed by atoms with E-state index in [-0.39, 0.29) is 5.88 Å². The fourth-order valence-corrected chi connectivity index (χ4v) is 1.45. The maximum Gasteiger partial charge on any atom is 0.340 e. The van der Waals surface area contributed by atoms with Crippen molar-refractivity contribution in [2.45, 2.75) is 38.2 Å². The minimum Gasteiger partial charge on any atom is -0.471 e. The van der Waals surface area contributed by atoms with E-state index in [1.807, 2.05) is 6.92 Å². The number of amides is 1. The predicted molar refractivity (Wildman–Crippen MR) is 72.2 cm³/mol. The van der Waals surface area contributed by atoms with E-state index in [0.717, 1.165) is 12.6 Å². The molecule has 1 rings (SSSR count). The molecule has 1 aromatic rings. The molecule has 1 aromatic heterocycles. The second-order valence-electron chi connectivity index (χ2n) is 4.62. The molecule has 0 saturated heterocycles. The molecule has 0 spiro atoms. The Bertz CT molecular complexity index is 483. The lowest BCUT2D eigenvalue weighted by molar-refractivity contribution is -0.148. The molecule has 1 amide bonds. The number of carbonyl (C=O) groups excluding carboxylic acids is 1. The van der Waals surface area contributed by atoms with Crippen molar-refractivity contribution in [1.82, 2.24) is 4.98 Å². The van der Waals surface area contributed by atoms with Gasteiger partial charge in [0.1, 0.15) is 0 Å². The van der Waals surface area contributed by atoms with Crippen molar-refractivity contribution >= 4 is 11.6 Å². The summed E-state index contributed by atoms with van der Waals surface area (Å²) in [5.41, 5.74) is 5.91. The van der Waals surface area contributed by atoms with Gasteiger partial charge < -0.3 is 15.8 Å². The summed E-state index contributed by atoms with van der Waals surface area (Å²) in [6.07, 6.45) is -1.39. The van der Waals surface area contributed by atoms with Gasteiger partial charge in [-0.1, -0.05) is 13.3 Å². The maximum absolute atomic E-state index is 12.7.